The molecule has 0 aliphatic rings. The van der Waals surface area contributed by atoms with E-state index in [1.54, 1.807) is 0 Å². The van der Waals surface area contributed by atoms with Gasteiger partial charge in [0, 0.05) is 0 Å². The van der Waals surface area contributed by atoms with Gasteiger partial charge in [-0.15, -0.1) is 16.7 Å². The maximum Gasteiger partial charge on any atom is 0.299 e. The average Bonchev–Trinajstić information content (AvgIpc) is 2.77. The first kappa shape index (κ1) is 11.4. The normalized spacial score (nSPS) is 10.4. The van der Waals surface area contributed by atoms with E-state index >= 15 is 0 Å². The predicted molar refractivity (Wildman–Crippen MR) is 65.4 cm³/mol. The molecular formula is C11H11ClN2OS. The van der Waals surface area contributed by atoms with Crippen LogP contribution in [0.3, 0.4) is 0 Å². The van der Waals surface area contributed by atoms with Crippen LogP contribution in [0.4, 0.5) is 0 Å². The van der Waals surface area contributed by atoms with Gasteiger partial charge in [0.2, 0.25) is 0 Å². The molecule has 3 nitrogen and oxygen atoms in total. The summed E-state index contributed by atoms with van der Waals surface area (Å²) in [6.45, 7) is 2.11. The molecule has 0 unspecified atom stereocenters. The Balaban J connectivity index is 2.13. The van der Waals surface area contributed by atoms with Crippen LogP contribution in [0.5, 0.6) is 10.9 Å². The Morgan fingerprint density at radius 2 is 2.25 bits per heavy atom. The maximum atomic E-state index is 5.64. The zero-order valence-electron chi connectivity index (χ0n) is 8.81. The van der Waals surface area contributed by atoms with E-state index in [-0.39, 0.29) is 0 Å². The number of nitrogens with zero attached hydrogens (tertiary/aromatic N) is 2. The van der Waals surface area contributed by atoms with Gasteiger partial charge in [-0.05, 0) is 24.1 Å². The van der Waals surface area contributed by atoms with Gasteiger partial charge in [-0.1, -0.05) is 35.5 Å². The summed E-state index contributed by atoms with van der Waals surface area (Å²) in [6.07, 6.45) is 0.986. The summed E-state index contributed by atoms with van der Waals surface area (Å²) >= 11 is 7.01. The van der Waals surface area contributed by atoms with E-state index in [1.807, 2.05) is 18.2 Å². The molecule has 1 aromatic heterocycles. The molecule has 0 bridgehead atoms. The van der Waals surface area contributed by atoms with Crippen molar-refractivity contribution >= 4 is 22.9 Å². The highest BCUT2D eigenvalue weighted by Gasteiger charge is 2.05. The molecule has 1 aromatic carbocycles. The third kappa shape index (κ3) is 2.71. The van der Waals surface area contributed by atoms with Crippen LogP contribution in [0.15, 0.2) is 24.3 Å². The molecule has 0 saturated heterocycles. The Bertz CT molecular complexity index is 473. The third-order valence-electron chi connectivity index (χ3n) is 2.07. The highest BCUT2D eigenvalue weighted by Crippen LogP contribution is 2.26. The smallest absolute Gasteiger partial charge is 0.299 e. The molecule has 0 aliphatic heterocycles. The molecule has 0 spiro atoms. The second kappa shape index (κ2) is 5.27. The summed E-state index contributed by atoms with van der Waals surface area (Å²) in [5.74, 6) is 1.16. The Hall–Kier alpha value is -1.13. The zero-order chi connectivity index (χ0) is 11.4. The fraction of sp³-hybridized carbons (Fsp3) is 0.273. The third-order valence-corrected chi connectivity index (χ3v) is 3.29. The molecule has 2 rings (SSSR count). The average molecular weight is 255 g/mol. The van der Waals surface area contributed by atoms with Crippen molar-refractivity contribution in [2.45, 2.75) is 19.2 Å². The minimum Gasteiger partial charge on any atom is -0.430 e. The first-order chi connectivity index (χ1) is 7.81. The lowest BCUT2D eigenvalue weighted by Crippen LogP contribution is -1.85. The van der Waals surface area contributed by atoms with Crippen LogP contribution in [0, 0.1) is 0 Å². The van der Waals surface area contributed by atoms with Gasteiger partial charge >= 0.3 is 0 Å². The van der Waals surface area contributed by atoms with Crippen molar-refractivity contribution in [2.75, 3.05) is 0 Å². The molecule has 5 heteroatoms. The summed E-state index contributed by atoms with van der Waals surface area (Å²) in [5.41, 5.74) is 1.24. The fourth-order valence-corrected chi connectivity index (χ4v) is 2.04. The molecule has 1 heterocycles. The predicted octanol–water partition coefficient (Wildman–Crippen LogP) is 3.63. The van der Waals surface area contributed by atoms with E-state index < -0.39 is 0 Å². The first-order valence-corrected chi connectivity index (χ1v) is 6.32. The summed E-state index contributed by atoms with van der Waals surface area (Å²) in [5, 5.41) is 9.08. The SMILES string of the molecule is CCc1cccc(Oc2nnc(CCl)s2)c1. The van der Waals surface area contributed by atoms with E-state index in [2.05, 4.69) is 23.2 Å². The van der Waals surface area contributed by atoms with Gasteiger partial charge in [-0.2, -0.15) is 0 Å². The zero-order valence-corrected chi connectivity index (χ0v) is 10.4. The van der Waals surface area contributed by atoms with Gasteiger partial charge in [0.05, 0.1) is 5.88 Å². The van der Waals surface area contributed by atoms with Crippen LogP contribution in [-0.2, 0) is 12.3 Å². The minimum absolute atomic E-state index is 0.371. The monoisotopic (exact) mass is 254 g/mol. The highest BCUT2D eigenvalue weighted by molar-refractivity contribution is 7.13. The number of hydrogen-bond donors (Lipinski definition) is 0. The van der Waals surface area contributed by atoms with Crippen molar-refractivity contribution in [2.24, 2.45) is 0 Å². The van der Waals surface area contributed by atoms with Crippen LogP contribution in [0.1, 0.15) is 17.5 Å². The second-order valence-corrected chi connectivity index (χ2v) is 4.49. The Morgan fingerprint density at radius 1 is 1.38 bits per heavy atom. The molecule has 0 N–H and O–H groups in total. The van der Waals surface area contributed by atoms with Crippen molar-refractivity contribution in [3.8, 4) is 10.9 Å². The Morgan fingerprint density at radius 3 is 2.94 bits per heavy atom. The van der Waals surface area contributed by atoms with E-state index in [9.17, 15) is 0 Å². The molecule has 0 radical (unpaired) electrons. The largest absolute Gasteiger partial charge is 0.430 e. The number of halogens is 1. The lowest BCUT2D eigenvalue weighted by atomic mass is 10.2. The van der Waals surface area contributed by atoms with Crippen molar-refractivity contribution < 1.29 is 4.74 Å². The Kier molecular flexibility index (Phi) is 3.74. The van der Waals surface area contributed by atoms with Crippen LogP contribution in [0.2, 0.25) is 0 Å². The number of ether oxygens (including phenoxy) is 1. The highest BCUT2D eigenvalue weighted by atomic mass is 35.5. The van der Waals surface area contributed by atoms with Gasteiger partial charge in [0.1, 0.15) is 10.8 Å². The topological polar surface area (TPSA) is 35.0 Å². The number of benzene rings is 1. The Labute approximate surface area is 103 Å². The van der Waals surface area contributed by atoms with Crippen molar-refractivity contribution in [1.82, 2.24) is 10.2 Å². The van der Waals surface area contributed by atoms with Gasteiger partial charge in [-0.25, -0.2) is 0 Å². The standard InChI is InChI=1S/C11H11ClN2OS/c1-2-8-4-3-5-9(6-8)15-11-14-13-10(7-12)16-11/h3-6H,2,7H2,1H3. The number of hydrogen-bond acceptors (Lipinski definition) is 4. The molecule has 0 atom stereocenters. The molecule has 0 amide bonds. The number of alkyl halides is 1. The molecule has 84 valence electrons. The molecule has 16 heavy (non-hydrogen) atoms. The first-order valence-electron chi connectivity index (χ1n) is 4.97. The fourth-order valence-electron chi connectivity index (χ4n) is 1.26. The van der Waals surface area contributed by atoms with E-state index in [0.29, 0.717) is 11.1 Å². The maximum absolute atomic E-state index is 5.64. The molecule has 0 fully saturated rings. The molecule has 0 saturated carbocycles. The number of aromatic nitrogens is 2. The van der Waals surface area contributed by atoms with E-state index in [1.165, 1.54) is 16.9 Å². The lowest BCUT2D eigenvalue weighted by Gasteiger charge is -2.02. The van der Waals surface area contributed by atoms with E-state index in [0.717, 1.165) is 17.2 Å². The summed E-state index contributed by atoms with van der Waals surface area (Å²) in [4.78, 5) is 0. The van der Waals surface area contributed by atoms with Gasteiger partial charge in [0.15, 0.2) is 0 Å². The summed E-state index contributed by atoms with van der Waals surface area (Å²) in [6, 6.07) is 7.94. The summed E-state index contributed by atoms with van der Waals surface area (Å²) < 4.78 is 5.59. The molecule has 2 aromatic rings. The number of aryl methyl sites for hydroxylation is 1. The van der Waals surface area contributed by atoms with Gasteiger partial charge < -0.3 is 4.74 Å². The van der Waals surface area contributed by atoms with Crippen LogP contribution >= 0.6 is 22.9 Å². The lowest BCUT2D eigenvalue weighted by molar-refractivity contribution is 0.472. The van der Waals surface area contributed by atoms with E-state index in [4.69, 9.17) is 16.3 Å². The van der Waals surface area contributed by atoms with Gasteiger partial charge in [-0.3, -0.25) is 0 Å². The van der Waals surface area contributed by atoms with Crippen molar-refractivity contribution in [3.63, 3.8) is 0 Å². The second-order valence-electron chi connectivity index (χ2n) is 3.20. The van der Waals surface area contributed by atoms with Gasteiger partial charge in [0.25, 0.3) is 5.19 Å². The molecule has 0 aliphatic carbocycles. The molecular weight excluding hydrogens is 244 g/mol. The number of rotatable bonds is 4. The van der Waals surface area contributed by atoms with Crippen molar-refractivity contribution in [3.05, 3.63) is 34.8 Å². The van der Waals surface area contributed by atoms with Crippen LogP contribution in [-0.4, -0.2) is 10.2 Å². The van der Waals surface area contributed by atoms with Crippen LogP contribution in [0.25, 0.3) is 0 Å². The summed E-state index contributed by atoms with van der Waals surface area (Å²) in [7, 11) is 0. The van der Waals surface area contributed by atoms with Crippen LogP contribution < -0.4 is 4.74 Å². The van der Waals surface area contributed by atoms with Crippen molar-refractivity contribution in [1.29, 1.82) is 0 Å². The quantitative estimate of drug-likeness (QED) is 0.782. The minimum atomic E-state index is 0.371.